The number of carbonyl (C=O) groups excluding carboxylic acids is 1. The highest BCUT2D eigenvalue weighted by molar-refractivity contribution is 6.30. The molecular weight excluding hydrogens is 309 g/mol. The number of rotatable bonds is 3. The summed E-state index contributed by atoms with van der Waals surface area (Å²) < 4.78 is 39.1. The number of anilines is 1. The van der Waals surface area contributed by atoms with E-state index in [4.69, 9.17) is 17.1 Å². The molecule has 5 nitrogen and oxygen atoms in total. The summed E-state index contributed by atoms with van der Waals surface area (Å²) in [5.41, 5.74) is 7.08. The summed E-state index contributed by atoms with van der Waals surface area (Å²) in [6.07, 6.45) is -4.55. The fourth-order valence-electron chi connectivity index (χ4n) is 2.26. The van der Waals surface area contributed by atoms with Gasteiger partial charge in [-0.05, 0) is 29.6 Å². The number of alkyl halides is 3. The SMILES string of the molecule is [N-]=[N+]=NCC1CC(=O)N(c2ccc(Cl)cc2C(F)(F)F)C1. The van der Waals surface area contributed by atoms with Crippen molar-refractivity contribution in [2.24, 2.45) is 11.0 Å². The molecule has 1 saturated heterocycles. The minimum atomic E-state index is -4.61. The highest BCUT2D eigenvalue weighted by atomic mass is 35.5. The third-order valence-corrected chi connectivity index (χ3v) is 3.40. The second-order valence-electron chi connectivity index (χ2n) is 4.65. The first-order valence-corrected chi connectivity index (χ1v) is 6.38. The van der Waals surface area contributed by atoms with Gasteiger partial charge < -0.3 is 4.90 Å². The van der Waals surface area contributed by atoms with Crippen molar-refractivity contribution in [1.29, 1.82) is 0 Å². The number of hydrogen-bond donors (Lipinski definition) is 0. The maximum Gasteiger partial charge on any atom is 0.418 e. The molecule has 21 heavy (non-hydrogen) atoms. The standard InChI is InChI=1S/C12H10ClF3N4O/c13-8-1-2-10(9(4-8)12(14,15)16)20-6-7(3-11(20)21)5-18-19-17/h1-2,4,7H,3,5-6H2. The molecule has 0 aromatic heterocycles. The summed E-state index contributed by atoms with van der Waals surface area (Å²) in [7, 11) is 0. The molecule has 1 aliphatic rings. The third kappa shape index (κ3) is 3.40. The summed E-state index contributed by atoms with van der Waals surface area (Å²) in [5.74, 6) is -0.717. The number of azide groups is 1. The fourth-order valence-corrected chi connectivity index (χ4v) is 2.43. The van der Waals surface area contributed by atoms with Crippen LogP contribution in [0.4, 0.5) is 18.9 Å². The zero-order valence-corrected chi connectivity index (χ0v) is 11.4. The maximum absolute atomic E-state index is 13.0. The quantitative estimate of drug-likeness (QED) is 0.471. The monoisotopic (exact) mass is 318 g/mol. The van der Waals surface area contributed by atoms with E-state index in [9.17, 15) is 18.0 Å². The van der Waals surface area contributed by atoms with Crippen LogP contribution in [0, 0.1) is 5.92 Å². The van der Waals surface area contributed by atoms with Crippen LogP contribution in [0.25, 0.3) is 10.4 Å². The molecule has 0 saturated carbocycles. The minimum absolute atomic E-state index is 0.0525. The van der Waals surface area contributed by atoms with Crippen molar-refractivity contribution in [2.75, 3.05) is 18.0 Å². The second kappa shape index (κ2) is 5.83. The summed E-state index contributed by atoms with van der Waals surface area (Å²) in [6.45, 7) is 0.163. The van der Waals surface area contributed by atoms with Gasteiger partial charge in [-0.1, -0.05) is 16.7 Å². The van der Waals surface area contributed by atoms with Gasteiger partial charge in [0, 0.05) is 29.4 Å². The van der Waals surface area contributed by atoms with Gasteiger partial charge in [-0.3, -0.25) is 4.79 Å². The third-order valence-electron chi connectivity index (χ3n) is 3.16. The van der Waals surface area contributed by atoms with E-state index in [-0.39, 0.29) is 36.1 Å². The molecule has 1 fully saturated rings. The molecule has 1 aromatic carbocycles. The van der Waals surface area contributed by atoms with E-state index < -0.39 is 17.6 Å². The first-order valence-electron chi connectivity index (χ1n) is 6.01. The Morgan fingerprint density at radius 2 is 2.19 bits per heavy atom. The maximum atomic E-state index is 13.0. The number of nitrogens with zero attached hydrogens (tertiary/aromatic N) is 4. The molecule has 1 aliphatic heterocycles. The van der Waals surface area contributed by atoms with E-state index in [0.29, 0.717) is 0 Å². The molecule has 0 radical (unpaired) electrons. The molecule has 2 rings (SSSR count). The van der Waals surface area contributed by atoms with E-state index >= 15 is 0 Å². The van der Waals surface area contributed by atoms with Gasteiger partial charge in [0.05, 0.1) is 11.3 Å². The minimum Gasteiger partial charge on any atom is -0.312 e. The van der Waals surface area contributed by atoms with Crippen LogP contribution >= 0.6 is 11.6 Å². The number of amides is 1. The Balaban J connectivity index is 2.34. The van der Waals surface area contributed by atoms with Gasteiger partial charge in [-0.2, -0.15) is 13.2 Å². The van der Waals surface area contributed by atoms with E-state index in [1.54, 1.807) is 0 Å². The first kappa shape index (κ1) is 15.5. The smallest absolute Gasteiger partial charge is 0.312 e. The average molecular weight is 319 g/mol. The summed E-state index contributed by atoms with van der Waals surface area (Å²) in [6, 6.07) is 3.28. The molecule has 0 bridgehead atoms. The lowest BCUT2D eigenvalue weighted by molar-refractivity contribution is -0.137. The molecule has 1 unspecified atom stereocenters. The topological polar surface area (TPSA) is 69.1 Å². The van der Waals surface area contributed by atoms with E-state index in [1.807, 2.05) is 0 Å². The highest BCUT2D eigenvalue weighted by Gasteiger charge is 2.39. The van der Waals surface area contributed by atoms with Crippen LogP contribution in [0.3, 0.4) is 0 Å². The van der Waals surface area contributed by atoms with Crippen LogP contribution in [-0.4, -0.2) is 19.0 Å². The number of halogens is 4. The van der Waals surface area contributed by atoms with Crippen LogP contribution in [-0.2, 0) is 11.0 Å². The predicted molar refractivity (Wildman–Crippen MR) is 70.9 cm³/mol. The number of hydrogen-bond acceptors (Lipinski definition) is 2. The normalized spacial score (nSPS) is 18.8. The molecule has 0 spiro atoms. The van der Waals surface area contributed by atoms with E-state index in [0.717, 1.165) is 11.0 Å². The van der Waals surface area contributed by atoms with Crippen LogP contribution in [0.15, 0.2) is 23.3 Å². The number of carbonyl (C=O) groups is 1. The Kier molecular flexibility index (Phi) is 4.29. The van der Waals surface area contributed by atoms with Gasteiger partial charge in [0.15, 0.2) is 0 Å². The van der Waals surface area contributed by atoms with Gasteiger partial charge in [-0.25, -0.2) is 0 Å². The van der Waals surface area contributed by atoms with Crippen molar-refractivity contribution < 1.29 is 18.0 Å². The van der Waals surface area contributed by atoms with Crippen LogP contribution in [0.1, 0.15) is 12.0 Å². The Hall–Kier alpha value is -1.92. The van der Waals surface area contributed by atoms with Crippen LogP contribution in [0.5, 0.6) is 0 Å². The van der Waals surface area contributed by atoms with Crippen molar-refractivity contribution >= 4 is 23.2 Å². The summed E-state index contributed by atoms with van der Waals surface area (Å²) >= 11 is 5.60. The Labute approximate surface area is 122 Å². The molecule has 1 heterocycles. The molecule has 0 aliphatic carbocycles. The van der Waals surface area contributed by atoms with Crippen molar-refractivity contribution in [3.05, 3.63) is 39.2 Å². The van der Waals surface area contributed by atoms with E-state index in [2.05, 4.69) is 10.0 Å². The molecule has 1 aromatic rings. The van der Waals surface area contributed by atoms with Crippen molar-refractivity contribution in [1.82, 2.24) is 0 Å². The largest absolute Gasteiger partial charge is 0.418 e. The van der Waals surface area contributed by atoms with Gasteiger partial charge in [0.25, 0.3) is 0 Å². The molecule has 1 amide bonds. The zero-order valence-electron chi connectivity index (χ0n) is 10.6. The molecule has 9 heteroatoms. The lowest BCUT2D eigenvalue weighted by Gasteiger charge is -2.21. The fraction of sp³-hybridized carbons (Fsp3) is 0.417. The highest BCUT2D eigenvalue weighted by Crippen LogP contribution is 2.40. The van der Waals surface area contributed by atoms with Crippen molar-refractivity contribution in [2.45, 2.75) is 12.6 Å². The number of benzene rings is 1. The Morgan fingerprint density at radius 3 is 2.81 bits per heavy atom. The Bertz CT molecular complexity index is 613. The first-order chi connectivity index (χ1) is 9.82. The molecule has 1 atom stereocenters. The second-order valence-corrected chi connectivity index (χ2v) is 5.08. The average Bonchev–Trinajstić information content (AvgIpc) is 2.76. The molecule has 112 valence electrons. The summed E-state index contributed by atoms with van der Waals surface area (Å²) in [4.78, 5) is 15.6. The zero-order chi connectivity index (χ0) is 15.6. The lowest BCUT2D eigenvalue weighted by atomic mass is 10.1. The van der Waals surface area contributed by atoms with Crippen molar-refractivity contribution in [3.63, 3.8) is 0 Å². The van der Waals surface area contributed by atoms with Gasteiger partial charge in [-0.15, -0.1) is 0 Å². The van der Waals surface area contributed by atoms with Crippen LogP contribution in [0.2, 0.25) is 5.02 Å². The Morgan fingerprint density at radius 1 is 1.48 bits per heavy atom. The molecule has 0 N–H and O–H groups in total. The summed E-state index contributed by atoms with van der Waals surface area (Å²) in [5, 5.41) is 3.31. The van der Waals surface area contributed by atoms with Crippen molar-refractivity contribution in [3.8, 4) is 0 Å². The molecular formula is C12H10ClF3N4O. The lowest BCUT2D eigenvalue weighted by Crippen LogP contribution is -2.27. The van der Waals surface area contributed by atoms with Gasteiger partial charge in [0.1, 0.15) is 0 Å². The van der Waals surface area contributed by atoms with E-state index in [1.165, 1.54) is 12.1 Å². The van der Waals surface area contributed by atoms with Gasteiger partial charge in [0.2, 0.25) is 5.91 Å². The predicted octanol–water partition coefficient (Wildman–Crippen LogP) is 4.02. The van der Waals surface area contributed by atoms with Gasteiger partial charge >= 0.3 is 6.18 Å². The van der Waals surface area contributed by atoms with Crippen LogP contribution < -0.4 is 4.90 Å².